The number of aliphatic hydroxyl groups is 1. The van der Waals surface area contributed by atoms with Gasteiger partial charge in [-0.15, -0.1) is 0 Å². The fourth-order valence-corrected chi connectivity index (χ4v) is 10.2. The van der Waals surface area contributed by atoms with Crippen molar-refractivity contribution in [1.29, 1.82) is 0 Å². The molecule has 0 radical (unpaired) electrons. The van der Waals surface area contributed by atoms with Crippen molar-refractivity contribution in [2.24, 2.45) is 35.5 Å². The molecule has 3 aromatic rings. The second-order valence-electron chi connectivity index (χ2n) is 19.5. The second-order valence-corrected chi connectivity index (χ2v) is 19.5. The third-order valence-corrected chi connectivity index (χ3v) is 14.2. The number of fused-ring (bicyclic) bond motifs is 7. The molecule has 9 heteroatoms. The molecular weight excluding hydrogens is 785 g/mol. The largest absolute Gasteiger partial charge is 0.461 e. The van der Waals surface area contributed by atoms with Crippen LogP contribution in [0.15, 0.2) is 35.7 Å². The number of ketones is 1. The van der Waals surface area contributed by atoms with E-state index in [9.17, 15) is 14.7 Å². The predicted molar refractivity (Wildman–Crippen MR) is 258 cm³/mol. The van der Waals surface area contributed by atoms with Crippen molar-refractivity contribution >= 4 is 41.6 Å². The molecule has 6 atom stereocenters. The van der Waals surface area contributed by atoms with Crippen molar-refractivity contribution in [3.63, 3.8) is 0 Å². The average Bonchev–Trinajstić information content (AvgIpc) is 4.01. The monoisotopic (exact) mass is 861 g/mol. The third kappa shape index (κ3) is 11.0. The molecule has 9 nitrogen and oxygen atoms in total. The molecule has 8 bridgehead atoms. The highest BCUT2D eigenvalue weighted by Crippen LogP contribution is 2.49. The number of carbonyl (C=O) groups excluding carboxylic acids is 2. The zero-order valence-electron chi connectivity index (χ0n) is 40.0. The molecule has 342 valence electrons. The molecule has 0 aromatic carbocycles. The van der Waals surface area contributed by atoms with Gasteiger partial charge >= 0.3 is 5.97 Å². The molecule has 63 heavy (non-hydrogen) atoms. The molecule has 3 aromatic heterocycles. The van der Waals surface area contributed by atoms with Gasteiger partial charge in [0.05, 0.1) is 5.69 Å². The van der Waals surface area contributed by atoms with Gasteiger partial charge in [-0.25, -0.2) is 0 Å². The first-order valence-corrected chi connectivity index (χ1v) is 23.9. The number of aromatic amines is 3. The molecule has 1 unspecified atom stereocenters. The summed E-state index contributed by atoms with van der Waals surface area (Å²) in [6, 6.07) is 2.17. The van der Waals surface area contributed by atoms with E-state index in [0.29, 0.717) is 23.3 Å². The maximum Gasteiger partial charge on any atom is 0.306 e. The lowest BCUT2D eigenvalue weighted by atomic mass is 9.84. The molecule has 5 N–H and O–H groups in total. The Balaban J connectivity index is 1.20. The Morgan fingerprint density at radius 3 is 2.25 bits per heavy atom. The number of ether oxygens (including phenoxy) is 2. The molecule has 0 amide bonds. The van der Waals surface area contributed by atoms with E-state index < -0.39 is 12.2 Å². The summed E-state index contributed by atoms with van der Waals surface area (Å²) in [7, 11) is 1.42. The van der Waals surface area contributed by atoms with E-state index in [4.69, 9.17) is 9.47 Å². The molecule has 1 fully saturated rings. The second kappa shape index (κ2) is 21.4. The summed E-state index contributed by atoms with van der Waals surface area (Å²) in [5.41, 5.74) is 11.7. The third-order valence-electron chi connectivity index (χ3n) is 14.2. The van der Waals surface area contributed by atoms with E-state index in [1.807, 2.05) is 13.0 Å². The van der Waals surface area contributed by atoms with Crippen LogP contribution in [0.4, 0.5) is 0 Å². The van der Waals surface area contributed by atoms with Crippen LogP contribution in [-0.2, 0) is 20.7 Å². The number of aromatic nitrogens is 3. The Kier molecular flexibility index (Phi) is 16.2. The number of methoxy groups -OCH3 is 1. The fourth-order valence-electron chi connectivity index (χ4n) is 10.2. The van der Waals surface area contributed by atoms with E-state index >= 15 is 0 Å². The highest BCUT2D eigenvalue weighted by molar-refractivity contribution is 6.15. The maximum atomic E-state index is 14.4. The zero-order valence-corrected chi connectivity index (χ0v) is 40.0. The van der Waals surface area contributed by atoms with Crippen LogP contribution in [0.5, 0.6) is 0 Å². The normalized spacial score (nSPS) is 22.8. The molecule has 1 saturated heterocycles. The number of aryl methyl sites for hydroxylation is 1. The SMILES string of the molecule is C=Cc1c2[nH]c(c1C)/C=C1\N/C(=C3\c4[nH]c(c(C)c4C(=O)[C@@H]3C(O)OC)/C=c3\[nH]/c(cc3CC)=C\2)[C@@H](CCC(=O)OC/C=C(/C)CCC[C@H](C)CCC[C@H](C)CCCC(C)C)[C@@H]1C. The lowest BCUT2D eigenvalue weighted by molar-refractivity contribution is -0.142. The number of esters is 1. The van der Waals surface area contributed by atoms with Gasteiger partial charge in [-0.1, -0.05) is 105 Å². The molecule has 1 aliphatic carbocycles. The first-order chi connectivity index (χ1) is 30.1. The van der Waals surface area contributed by atoms with Crippen LogP contribution in [-0.4, -0.2) is 51.8 Å². The summed E-state index contributed by atoms with van der Waals surface area (Å²) < 4.78 is 11.3. The summed E-state index contributed by atoms with van der Waals surface area (Å²) in [4.78, 5) is 38.7. The minimum Gasteiger partial charge on any atom is -0.461 e. The predicted octanol–water partition coefficient (Wildman–Crippen LogP) is 10.6. The van der Waals surface area contributed by atoms with Gasteiger partial charge in [0.25, 0.3) is 0 Å². The van der Waals surface area contributed by atoms with Crippen LogP contribution >= 0.6 is 0 Å². The number of nitrogens with one attached hydrogen (secondary N) is 4. The molecular formula is C54H76N4O5. The fraction of sp³-hybridized carbons (Fsp3) is 0.556. The molecule has 5 heterocycles. The Hall–Kier alpha value is -4.60. The number of allylic oxidation sites excluding steroid dienone is 3. The Labute approximate surface area is 376 Å². The van der Waals surface area contributed by atoms with E-state index in [1.54, 1.807) is 0 Å². The minimum atomic E-state index is -1.36. The zero-order chi connectivity index (χ0) is 45.5. The number of H-pyrrole nitrogens is 3. The Morgan fingerprint density at radius 1 is 0.905 bits per heavy atom. The van der Waals surface area contributed by atoms with Crippen LogP contribution in [0, 0.1) is 49.4 Å². The number of rotatable bonds is 21. The van der Waals surface area contributed by atoms with Gasteiger partial charge in [0, 0.05) is 81.2 Å². The van der Waals surface area contributed by atoms with Crippen molar-refractivity contribution in [2.75, 3.05) is 13.7 Å². The van der Waals surface area contributed by atoms with Gasteiger partial charge in [0.2, 0.25) is 0 Å². The van der Waals surface area contributed by atoms with Crippen molar-refractivity contribution in [2.45, 2.75) is 146 Å². The van der Waals surface area contributed by atoms with Gasteiger partial charge in [-0.3, -0.25) is 9.59 Å². The summed E-state index contributed by atoms with van der Waals surface area (Å²) in [6.45, 7) is 24.3. The van der Waals surface area contributed by atoms with Crippen LogP contribution < -0.4 is 16.0 Å². The number of carbonyl (C=O) groups is 2. The Morgan fingerprint density at radius 2 is 1.59 bits per heavy atom. The number of hydrogen-bond donors (Lipinski definition) is 5. The van der Waals surface area contributed by atoms with Gasteiger partial charge in [-0.2, -0.15) is 0 Å². The van der Waals surface area contributed by atoms with Crippen molar-refractivity contribution < 1.29 is 24.2 Å². The van der Waals surface area contributed by atoms with Gasteiger partial charge < -0.3 is 34.8 Å². The standard InChI is InChI=1S/C54H76N4O5/c1-12-38-27-39-28-46-40(13-2)35(8)42(56-46)29-43-36(9)41(51(57-43)49-50(54(61)62-11)53(60)48-37(10)44(58-52(48)49)30-45(38)55-39)23-24-47(59)63-26-25-34(7)22-16-21-33(6)20-15-19-32(5)18-14-17-31(3)4/h13,25,27-33,36,41,50,54-58,61H,2,12,14-24,26H2,1,3-11H3/b34-25-,39-28-,43-29-,45-30-,51-49-/t32-,33-,36+,41+,50-,54?/m1/s1. The highest BCUT2D eigenvalue weighted by atomic mass is 16.6. The lowest BCUT2D eigenvalue weighted by Crippen LogP contribution is -2.29. The van der Waals surface area contributed by atoms with Crippen molar-refractivity contribution in [3.05, 3.63) is 97.0 Å². The smallest absolute Gasteiger partial charge is 0.306 e. The van der Waals surface area contributed by atoms with E-state index in [2.05, 4.69) is 113 Å². The quantitative estimate of drug-likeness (QED) is 0.0412. The lowest BCUT2D eigenvalue weighted by Gasteiger charge is -2.23. The van der Waals surface area contributed by atoms with Gasteiger partial charge in [0.15, 0.2) is 12.1 Å². The summed E-state index contributed by atoms with van der Waals surface area (Å²) in [5.74, 6) is 0.732. The topological polar surface area (TPSA) is 132 Å². The number of hydrogen-bond acceptors (Lipinski definition) is 6. The van der Waals surface area contributed by atoms with Gasteiger partial charge in [0.1, 0.15) is 12.5 Å². The van der Waals surface area contributed by atoms with Crippen LogP contribution in [0.2, 0.25) is 0 Å². The molecule has 0 spiro atoms. The van der Waals surface area contributed by atoms with Crippen molar-refractivity contribution in [3.8, 4) is 0 Å². The van der Waals surface area contributed by atoms with Crippen LogP contribution in [0.1, 0.15) is 174 Å². The van der Waals surface area contributed by atoms with Gasteiger partial charge in [-0.05, 0) is 111 Å². The van der Waals surface area contributed by atoms with Crippen LogP contribution in [0.25, 0.3) is 29.9 Å². The van der Waals surface area contributed by atoms with E-state index in [0.717, 1.165) is 98.4 Å². The molecule has 6 rings (SSSR count). The van der Waals surface area contributed by atoms with Crippen molar-refractivity contribution in [1.82, 2.24) is 20.3 Å². The van der Waals surface area contributed by atoms with E-state index in [1.165, 1.54) is 57.6 Å². The minimum absolute atomic E-state index is 0.0554. The summed E-state index contributed by atoms with van der Waals surface area (Å²) in [5, 5.41) is 17.0. The molecule has 3 aliphatic rings. The summed E-state index contributed by atoms with van der Waals surface area (Å²) >= 11 is 0. The first kappa shape index (κ1) is 47.9. The maximum absolute atomic E-state index is 14.4. The highest BCUT2D eigenvalue weighted by Gasteiger charge is 2.48. The number of aliphatic hydroxyl groups excluding tert-OH is 1. The summed E-state index contributed by atoms with van der Waals surface area (Å²) in [6.07, 6.45) is 21.8. The number of Topliss-reactive ketones (excluding diaryl/α,β-unsaturated/α-hetero) is 1. The molecule has 0 saturated carbocycles. The van der Waals surface area contributed by atoms with Crippen LogP contribution in [0.3, 0.4) is 0 Å². The molecule has 2 aliphatic heterocycles. The average molecular weight is 861 g/mol. The Bertz CT molecular complexity index is 2350. The first-order valence-electron chi connectivity index (χ1n) is 23.9. The van der Waals surface area contributed by atoms with E-state index in [-0.39, 0.29) is 36.6 Å².